The van der Waals surface area contributed by atoms with Gasteiger partial charge in [-0.1, -0.05) is 49.4 Å². The Bertz CT molecular complexity index is 940. The Hall–Kier alpha value is -1.91. The summed E-state index contributed by atoms with van der Waals surface area (Å²) in [4.78, 5) is 17.3. The van der Waals surface area contributed by atoms with Gasteiger partial charge in [0.2, 0.25) is 5.91 Å². The Morgan fingerprint density at radius 3 is 2.73 bits per heavy atom. The van der Waals surface area contributed by atoms with Crippen LogP contribution in [0.5, 0.6) is 0 Å². The van der Waals surface area contributed by atoms with E-state index in [1.165, 1.54) is 15.7 Å². The maximum absolute atomic E-state index is 13.0. The minimum atomic E-state index is 0.185. The zero-order chi connectivity index (χ0) is 17.9. The van der Waals surface area contributed by atoms with Crippen molar-refractivity contribution >= 4 is 45.9 Å². The molecule has 0 aromatic heterocycles. The van der Waals surface area contributed by atoms with Crippen molar-refractivity contribution in [3.8, 4) is 0 Å². The fourth-order valence-corrected chi connectivity index (χ4v) is 5.16. The van der Waals surface area contributed by atoms with Crippen LogP contribution in [0.3, 0.4) is 0 Å². The van der Waals surface area contributed by atoms with Crippen molar-refractivity contribution in [1.29, 1.82) is 0 Å². The highest BCUT2D eigenvalue weighted by atomic mass is 32.2. The van der Waals surface area contributed by atoms with E-state index < -0.39 is 0 Å². The number of anilines is 1. The van der Waals surface area contributed by atoms with Gasteiger partial charge >= 0.3 is 0 Å². The van der Waals surface area contributed by atoms with Crippen LogP contribution in [0.15, 0.2) is 76.5 Å². The van der Waals surface area contributed by atoms with Crippen molar-refractivity contribution in [3.05, 3.63) is 66.7 Å². The second-order valence-corrected chi connectivity index (χ2v) is 9.06. The van der Waals surface area contributed by atoms with E-state index in [2.05, 4.69) is 67.6 Å². The molecule has 4 heteroatoms. The topological polar surface area (TPSA) is 20.3 Å². The molecular formula is C22H21NOS2. The van der Waals surface area contributed by atoms with E-state index in [0.29, 0.717) is 11.0 Å². The number of thioether (sulfide) groups is 2. The molecule has 1 aliphatic rings. The van der Waals surface area contributed by atoms with Crippen LogP contribution in [0.4, 0.5) is 5.69 Å². The molecule has 1 atom stereocenters. The minimum absolute atomic E-state index is 0.185. The van der Waals surface area contributed by atoms with E-state index in [-0.39, 0.29) is 5.91 Å². The molecule has 0 saturated carbocycles. The van der Waals surface area contributed by atoms with Gasteiger partial charge in [-0.15, -0.1) is 23.5 Å². The zero-order valence-corrected chi connectivity index (χ0v) is 16.4. The van der Waals surface area contributed by atoms with Gasteiger partial charge in [0.15, 0.2) is 0 Å². The molecule has 1 aliphatic heterocycles. The summed E-state index contributed by atoms with van der Waals surface area (Å²) in [6, 6.07) is 23.0. The molecule has 0 aliphatic carbocycles. The summed E-state index contributed by atoms with van der Waals surface area (Å²) in [7, 11) is 0. The highest BCUT2D eigenvalue weighted by Crippen LogP contribution is 2.37. The quantitative estimate of drug-likeness (QED) is 0.533. The third kappa shape index (κ3) is 3.76. The number of hydrogen-bond donors (Lipinski definition) is 0. The van der Waals surface area contributed by atoms with E-state index in [1.54, 1.807) is 11.8 Å². The summed E-state index contributed by atoms with van der Waals surface area (Å²) in [5.41, 5.74) is 1.06. The molecule has 2 nitrogen and oxygen atoms in total. The summed E-state index contributed by atoms with van der Waals surface area (Å²) in [6.07, 6.45) is 1.02. The number of carbonyl (C=O) groups excluding carboxylic acids is 1. The molecule has 1 heterocycles. The molecular weight excluding hydrogens is 358 g/mol. The Balaban J connectivity index is 1.50. The number of para-hydroxylation sites is 1. The van der Waals surface area contributed by atoms with Crippen molar-refractivity contribution in [2.75, 3.05) is 17.2 Å². The standard InChI is InChI=1S/C22H21NOS2/c1-16-12-13-23(20-8-4-5-9-21(20)26-16)22(24)15-25-19-11-10-17-6-2-3-7-18(17)14-19/h2-11,14,16H,12-13,15H2,1H3/t16-/m1/s1. The molecule has 3 aromatic carbocycles. The Morgan fingerprint density at radius 2 is 1.85 bits per heavy atom. The van der Waals surface area contributed by atoms with Crippen molar-refractivity contribution in [1.82, 2.24) is 0 Å². The van der Waals surface area contributed by atoms with Crippen LogP contribution < -0.4 is 4.90 Å². The summed E-state index contributed by atoms with van der Waals surface area (Å²) >= 11 is 3.49. The van der Waals surface area contributed by atoms with E-state index in [4.69, 9.17) is 0 Å². The second kappa shape index (κ2) is 7.77. The average molecular weight is 380 g/mol. The maximum Gasteiger partial charge on any atom is 0.237 e. The molecule has 0 radical (unpaired) electrons. The van der Waals surface area contributed by atoms with Crippen LogP contribution in [0, 0.1) is 0 Å². The number of rotatable bonds is 3. The van der Waals surface area contributed by atoms with Gasteiger partial charge in [-0.25, -0.2) is 0 Å². The average Bonchev–Trinajstić information content (AvgIpc) is 2.84. The van der Waals surface area contributed by atoms with Gasteiger partial charge in [0.05, 0.1) is 11.4 Å². The van der Waals surface area contributed by atoms with Crippen molar-refractivity contribution < 1.29 is 4.79 Å². The molecule has 0 saturated heterocycles. The number of nitrogens with zero attached hydrogens (tertiary/aromatic N) is 1. The van der Waals surface area contributed by atoms with E-state index in [1.807, 2.05) is 22.7 Å². The monoisotopic (exact) mass is 379 g/mol. The van der Waals surface area contributed by atoms with Crippen LogP contribution in [0.1, 0.15) is 13.3 Å². The van der Waals surface area contributed by atoms with Crippen LogP contribution in [0.2, 0.25) is 0 Å². The van der Waals surface area contributed by atoms with E-state index in [0.717, 1.165) is 23.5 Å². The first-order valence-corrected chi connectivity index (χ1v) is 10.7. The lowest BCUT2D eigenvalue weighted by Gasteiger charge is -2.22. The fraction of sp³-hybridized carbons (Fsp3) is 0.227. The fourth-order valence-electron chi connectivity index (χ4n) is 3.23. The maximum atomic E-state index is 13.0. The molecule has 3 aromatic rings. The lowest BCUT2D eigenvalue weighted by Crippen LogP contribution is -2.33. The predicted molar refractivity (Wildman–Crippen MR) is 113 cm³/mol. The number of benzene rings is 3. The van der Waals surface area contributed by atoms with E-state index in [9.17, 15) is 4.79 Å². The summed E-state index contributed by atoms with van der Waals surface area (Å²) in [6.45, 7) is 3.03. The smallest absolute Gasteiger partial charge is 0.237 e. The molecule has 4 rings (SSSR count). The second-order valence-electron chi connectivity index (χ2n) is 6.53. The molecule has 0 fully saturated rings. The molecule has 0 N–H and O–H groups in total. The molecule has 0 bridgehead atoms. The molecule has 0 unspecified atom stereocenters. The van der Waals surface area contributed by atoms with Crippen molar-refractivity contribution in [3.63, 3.8) is 0 Å². The Labute approximate surface area is 163 Å². The van der Waals surface area contributed by atoms with Gasteiger partial charge < -0.3 is 4.90 Å². The molecule has 1 amide bonds. The lowest BCUT2D eigenvalue weighted by molar-refractivity contribution is -0.116. The van der Waals surface area contributed by atoms with Gasteiger partial charge in [-0.2, -0.15) is 0 Å². The first kappa shape index (κ1) is 17.5. The van der Waals surface area contributed by atoms with Crippen LogP contribution in [-0.4, -0.2) is 23.5 Å². The van der Waals surface area contributed by atoms with Gasteiger partial charge in [0.25, 0.3) is 0 Å². The first-order chi connectivity index (χ1) is 12.7. The van der Waals surface area contributed by atoms with Crippen LogP contribution >= 0.6 is 23.5 Å². The van der Waals surface area contributed by atoms with Gasteiger partial charge in [-0.05, 0) is 41.5 Å². The van der Waals surface area contributed by atoms with Crippen LogP contribution in [-0.2, 0) is 4.79 Å². The van der Waals surface area contributed by atoms with Crippen LogP contribution in [0.25, 0.3) is 10.8 Å². The Morgan fingerprint density at radius 1 is 1.08 bits per heavy atom. The predicted octanol–water partition coefficient (Wildman–Crippen LogP) is 5.85. The first-order valence-electron chi connectivity index (χ1n) is 8.88. The summed E-state index contributed by atoms with van der Waals surface area (Å²) in [5.74, 6) is 0.649. The van der Waals surface area contributed by atoms with Gasteiger partial charge in [0.1, 0.15) is 0 Å². The Kier molecular flexibility index (Phi) is 5.23. The minimum Gasteiger partial charge on any atom is -0.311 e. The van der Waals surface area contributed by atoms with Gasteiger partial charge in [-0.3, -0.25) is 4.79 Å². The SMILES string of the molecule is C[C@@H]1CCN(C(=O)CSc2ccc3ccccc3c2)c2ccccc2S1. The normalized spacial score (nSPS) is 17.0. The third-order valence-corrected chi connectivity index (χ3v) is 6.84. The van der Waals surface area contributed by atoms with Crippen molar-refractivity contribution in [2.45, 2.75) is 28.4 Å². The highest BCUT2D eigenvalue weighted by Gasteiger charge is 2.23. The molecule has 132 valence electrons. The summed E-state index contributed by atoms with van der Waals surface area (Å²) < 4.78 is 0. The molecule has 26 heavy (non-hydrogen) atoms. The lowest BCUT2D eigenvalue weighted by atomic mass is 10.1. The zero-order valence-electron chi connectivity index (χ0n) is 14.7. The van der Waals surface area contributed by atoms with E-state index >= 15 is 0 Å². The van der Waals surface area contributed by atoms with Gasteiger partial charge in [0, 0.05) is 21.6 Å². The summed E-state index contributed by atoms with van der Waals surface area (Å²) in [5, 5.41) is 2.98. The number of carbonyl (C=O) groups is 1. The highest BCUT2D eigenvalue weighted by molar-refractivity contribution is 8.00. The third-order valence-electron chi connectivity index (χ3n) is 4.63. The molecule has 0 spiro atoms. The van der Waals surface area contributed by atoms with Crippen molar-refractivity contribution in [2.24, 2.45) is 0 Å². The number of hydrogen-bond acceptors (Lipinski definition) is 3. The largest absolute Gasteiger partial charge is 0.311 e. The number of amides is 1. The number of fused-ring (bicyclic) bond motifs is 2.